The Labute approximate surface area is 141 Å². The van der Waals surface area contributed by atoms with Crippen LogP contribution in [0, 0.1) is 5.92 Å². The van der Waals surface area contributed by atoms with Crippen molar-refractivity contribution in [3.63, 3.8) is 0 Å². The highest BCUT2D eigenvalue weighted by Crippen LogP contribution is 2.14. The van der Waals surface area contributed by atoms with E-state index in [0.717, 1.165) is 12.0 Å². The second-order valence-corrected chi connectivity index (χ2v) is 6.41. The van der Waals surface area contributed by atoms with Crippen LogP contribution in [-0.2, 0) is 4.79 Å². The van der Waals surface area contributed by atoms with Crippen molar-refractivity contribution in [1.29, 1.82) is 0 Å². The fourth-order valence-corrected chi connectivity index (χ4v) is 3.05. The van der Waals surface area contributed by atoms with Crippen LogP contribution in [0.3, 0.4) is 0 Å². The number of hydrogen-bond donors (Lipinski definition) is 1. The summed E-state index contributed by atoms with van der Waals surface area (Å²) in [4.78, 5) is 28.4. The number of thiophene rings is 1. The van der Waals surface area contributed by atoms with Crippen LogP contribution in [0.25, 0.3) is 0 Å². The molecule has 2 unspecified atom stereocenters. The lowest BCUT2D eigenvalue weighted by Crippen LogP contribution is -2.43. The molecular formula is C15H24ClN3O2S. The number of halogens is 1. The minimum atomic E-state index is -0.177. The molecule has 2 rings (SSSR count). The average molecular weight is 346 g/mol. The Hall–Kier alpha value is -1.11. The van der Waals surface area contributed by atoms with Crippen molar-refractivity contribution in [2.24, 2.45) is 11.7 Å². The molecule has 0 radical (unpaired) electrons. The Kier molecular flexibility index (Phi) is 7.32. The Morgan fingerprint density at radius 2 is 1.82 bits per heavy atom. The summed E-state index contributed by atoms with van der Waals surface area (Å²) in [6.45, 7) is 6.30. The Bertz CT molecular complexity index is 493. The largest absolute Gasteiger partial charge is 0.341 e. The van der Waals surface area contributed by atoms with E-state index in [1.807, 2.05) is 40.5 Å². The van der Waals surface area contributed by atoms with Crippen molar-refractivity contribution in [2.45, 2.75) is 26.3 Å². The van der Waals surface area contributed by atoms with Gasteiger partial charge in [-0.25, -0.2) is 0 Å². The van der Waals surface area contributed by atoms with E-state index in [4.69, 9.17) is 5.73 Å². The highest BCUT2D eigenvalue weighted by Gasteiger charge is 2.27. The molecule has 2 amide bonds. The third-order valence-corrected chi connectivity index (χ3v) is 4.72. The topological polar surface area (TPSA) is 66.6 Å². The van der Waals surface area contributed by atoms with Crippen molar-refractivity contribution in [3.8, 4) is 0 Å². The van der Waals surface area contributed by atoms with Gasteiger partial charge in [0.15, 0.2) is 0 Å². The lowest BCUT2D eigenvalue weighted by molar-refractivity contribution is -0.135. The van der Waals surface area contributed by atoms with Crippen molar-refractivity contribution < 1.29 is 9.59 Å². The first-order chi connectivity index (χ1) is 10.0. The minimum Gasteiger partial charge on any atom is -0.341 e. The number of amides is 2. The lowest BCUT2D eigenvalue weighted by Gasteiger charge is -2.26. The van der Waals surface area contributed by atoms with Crippen molar-refractivity contribution in [1.82, 2.24) is 9.80 Å². The summed E-state index contributed by atoms with van der Waals surface area (Å²) < 4.78 is 0. The van der Waals surface area contributed by atoms with Gasteiger partial charge in [-0.05, 0) is 24.8 Å². The van der Waals surface area contributed by atoms with E-state index >= 15 is 0 Å². The Morgan fingerprint density at radius 1 is 1.18 bits per heavy atom. The van der Waals surface area contributed by atoms with Gasteiger partial charge in [0.1, 0.15) is 0 Å². The van der Waals surface area contributed by atoms with Gasteiger partial charge in [-0.2, -0.15) is 11.3 Å². The van der Waals surface area contributed by atoms with Gasteiger partial charge in [0, 0.05) is 37.6 Å². The van der Waals surface area contributed by atoms with Gasteiger partial charge in [0.25, 0.3) is 5.91 Å². The minimum absolute atomic E-state index is 0. The van der Waals surface area contributed by atoms with Crippen LogP contribution < -0.4 is 5.73 Å². The van der Waals surface area contributed by atoms with Crippen molar-refractivity contribution in [3.05, 3.63) is 22.4 Å². The molecule has 22 heavy (non-hydrogen) atoms. The maximum atomic E-state index is 12.3. The number of nitrogens with zero attached hydrogens (tertiary/aromatic N) is 2. The molecule has 1 saturated heterocycles. The molecule has 2 N–H and O–H groups in total. The monoisotopic (exact) mass is 345 g/mol. The summed E-state index contributed by atoms with van der Waals surface area (Å²) in [7, 11) is 0. The third-order valence-electron chi connectivity index (χ3n) is 4.04. The number of carbonyl (C=O) groups is 2. The molecule has 0 aliphatic carbocycles. The van der Waals surface area contributed by atoms with Crippen LogP contribution in [-0.4, -0.2) is 53.8 Å². The molecule has 0 spiro atoms. The summed E-state index contributed by atoms with van der Waals surface area (Å²) in [5.74, 6) is -0.0234. The van der Waals surface area contributed by atoms with E-state index in [2.05, 4.69) is 0 Å². The lowest BCUT2D eigenvalue weighted by atomic mass is 10.0. The fraction of sp³-hybridized carbons (Fsp3) is 0.600. The highest BCUT2D eigenvalue weighted by atomic mass is 35.5. The van der Waals surface area contributed by atoms with E-state index in [9.17, 15) is 9.59 Å². The highest BCUT2D eigenvalue weighted by molar-refractivity contribution is 7.08. The predicted molar refractivity (Wildman–Crippen MR) is 91.5 cm³/mol. The summed E-state index contributed by atoms with van der Waals surface area (Å²) in [6.07, 6.45) is 0.813. The maximum Gasteiger partial charge on any atom is 0.254 e. The molecule has 124 valence electrons. The molecule has 7 heteroatoms. The zero-order valence-electron chi connectivity index (χ0n) is 13.0. The standard InChI is InChI=1S/C15H23N3O2S.ClH/c1-11(12(2)16)14(19)17-5-3-6-18(8-7-17)15(20)13-4-9-21-10-13;/h4,9-12H,3,5-8,16H2,1-2H3;1H. The second kappa shape index (κ2) is 8.50. The zero-order chi connectivity index (χ0) is 15.4. The van der Waals surface area contributed by atoms with Crippen LogP contribution in [0.1, 0.15) is 30.6 Å². The predicted octanol–water partition coefficient (Wildman–Crippen LogP) is 1.83. The summed E-state index contributed by atoms with van der Waals surface area (Å²) >= 11 is 1.52. The molecule has 1 aliphatic heterocycles. The van der Waals surface area contributed by atoms with Crippen LogP contribution in [0.5, 0.6) is 0 Å². The van der Waals surface area contributed by atoms with Gasteiger partial charge in [0.2, 0.25) is 5.91 Å². The zero-order valence-corrected chi connectivity index (χ0v) is 14.7. The number of carbonyl (C=O) groups excluding carboxylic acids is 2. The quantitative estimate of drug-likeness (QED) is 0.908. The normalized spacial score (nSPS) is 18.1. The summed E-state index contributed by atoms with van der Waals surface area (Å²) in [5, 5.41) is 3.78. The van der Waals surface area contributed by atoms with Gasteiger partial charge in [0.05, 0.1) is 11.5 Å². The van der Waals surface area contributed by atoms with Gasteiger partial charge in [-0.1, -0.05) is 6.92 Å². The summed E-state index contributed by atoms with van der Waals surface area (Å²) in [6, 6.07) is 1.70. The molecule has 2 heterocycles. The molecule has 1 fully saturated rings. The number of rotatable bonds is 3. The fourth-order valence-electron chi connectivity index (χ4n) is 2.42. The van der Waals surface area contributed by atoms with Crippen LogP contribution >= 0.6 is 23.7 Å². The molecule has 1 aliphatic rings. The number of hydrogen-bond acceptors (Lipinski definition) is 4. The first-order valence-electron chi connectivity index (χ1n) is 7.36. The maximum absolute atomic E-state index is 12.3. The molecule has 1 aromatic heterocycles. The number of nitrogens with two attached hydrogens (primary N) is 1. The van der Waals surface area contributed by atoms with E-state index in [1.54, 1.807) is 0 Å². The van der Waals surface area contributed by atoms with Gasteiger partial charge in [-0.15, -0.1) is 12.4 Å². The smallest absolute Gasteiger partial charge is 0.254 e. The van der Waals surface area contributed by atoms with Crippen molar-refractivity contribution >= 4 is 35.6 Å². The van der Waals surface area contributed by atoms with E-state index in [-0.39, 0.29) is 36.2 Å². The van der Waals surface area contributed by atoms with Crippen molar-refractivity contribution in [2.75, 3.05) is 26.2 Å². The van der Waals surface area contributed by atoms with Crippen LogP contribution in [0.15, 0.2) is 16.8 Å². The summed E-state index contributed by atoms with van der Waals surface area (Å²) in [5.41, 5.74) is 6.55. The molecule has 1 aromatic rings. The molecule has 0 aromatic carbocycles. The SMILES string of the molecule is CC(N)C(C)C(=O)N1CCCN(C(=O)c2ccsc2)CC1.Cl. The van der Waals surface area contributed by atoms with Crippen LogP contribution in [0.2, 0.25) is 0 Å². The van der Waals surface area contributed by atoms with Gasteiger partial charge < -0.3 is 15.5 Å². The second-order valence-electron chi connectivity index (χ2n) is 5.63. The first-order valence-corrected chi connectivity index (χ1v) is 8.31. The molecule has 2 atom stereocenters. The molecule has 0 saturated carbocycles. The molecular weight excluding hydrogens is 322 g/mol. The van der Waals surface area contributed by atoms with Crippen LogP contribution in [0.4, 0.5) is 0 Å². The molecule has 5 nitrogen and oxygen atoms in total. The third kappa shape index (κ3) is 4.44. The molecule has 0 bridgehead atoms. The van der Waals surface area contributed by atoms with E-state index in [1.165, 1.54) is 11.3 Å². The van der Waals surface area contributed by atoms with Gasteiger partial charge >= 0.3 is 0 Å². The van der Waals surface area contributed by atoms with E-state index < -0.39 is 0 Å². The van der Waals surface area contributed by atoms with Gasteiger partial charge in [-0.3, -0.25) is 9.59 Å². The van der Waals surface area contributed by atoms with E-state index in [0.29, 0.717) is 26.2 Å². The average Bonchev–Trinajstić information content (AvgIpc) is 2.89. The Morgan fingerprint density at radius 3 is 2.41 bits per heavy atom. The Balaban J connectivity index is 0.00000242. The first kappa shape index (κ1) is 18.9.